The molecule has 0 fully saturated rings. The van der Waals surface area contributed by atoms with E-state index in [1.807, 2.05) is 49.4 Å². The van der Waals surface area contributed by atoms with E-state index in [1.54, 1.807) is 48.8 Å². The molecule has 0 saturated carbocycles. The number of nitrogens with zero attached hydrogens (tertiary/aromatic N) is 5. The van der Waals surface area contributed by atoms with Gasteiger partial charge in [0.25, 0.3) is 16.0 Å². The number of aryl methyl sites for hydroxylation is 1. The third-order valence-corrected chi connectivity index (χ3v) is 7.73. The lowest BCUT2D eigenvalue weighted by molar-refractivity contribution is 0.470. The van der Waals surface area contributed by atoms with Crippen molar-refractivity contribution < 1.29 is 8.42 Å². The van der Waals surface area contributed by atoms with E-state index in [0.29, 0.717) is 17.1 Å². The molecule has 8 nitrogen and oxygen atoms in total. The van der Waals surface area contributed by atoms with Gasteiger partial charge >= 0.3 is 0 Å². The first kappa shape index (κ1) is 26.3. The molecular weight excluding hydrogens is 532 g/mol. The van der Waals surface area contributed by atoms with Gasteiger partial charge in [0.15, 0.2) is 0 Å². The largest absolute Gasteiger partial charge is 0.383 e. The number of benzene rings is 3. The molecule has 1 atom stereocenters. The van der Waals surface area contributed by atoms with Gasteiger partial charge in [0.05, 0.1) is 17.2 Å². The minimum atomic E-state index is -4.13. The summed E-state index contributed by atoms with van der Waals surface area (Å²) in [7, 11) is -4.13. The summed E-state index contributed by atoms with van der Waals surface area (Å²) in [5, 5.41) is 6.91. The second-order valence-corrected chi connectivity index (χ2v) is 11.0. The van der Waals surface area contributed by atoms with Crippen LogP contribution in [-0.2, 0) is 10.0 Å². The minimum Gasteiger partial charge on any atom is -0.383 e. The molecule has 1 aliphatic rings. The van der Waals surface area contributed by atoms with Crippen LogP contribution >= 0.6 is 11.6 Å². The van der Waals surface area contributed by atoms with Gasteiger partial charge in [-0.25, -0.2) is 5.01 Å². The molecular formula is C29H25ClN6O2S. The van der Waals surface area contributed by atoms with E-state index in [1.165, 1.54) is 17.1 Å². The highest BCUT2D eigenvalue weighted by molar-refractivity contribution is 7.90. The Balaban J connectivity index is 1.63. The van der Waals surface area contributed by atoms with Crippen LogP contribution in [-0.4, -0.2) is 42.5 Å². The molecule has 2 N–H and O–H groups in total. The molecule has 10 heteroatoms. The van der Waals surface area contributed by atoms with Crippen LogP contribution in [0.15, 0.2) is 123 Å². The number of rotatable bonds is 5. The van der Waals surface area contributed by atoms with Gasteiger partial charge in [-0.2, -0.15) is 18.5 Å². The topological polar surface area (TPSA) is 113 Å². The number of halogens is 1. The molecule has 3 aromatic carbocycles. The Labute approximate surface area is 232 Å². The zero-order chi connectivity index (χ0) is 27.4. The van der Waals surface area contributed by atoms with Crippen LogP contribution in [0.25, 0.3) is 0 Å². The van der Waals surface area contributed by atoms with Gasteiger partial charge in [-0.15, -0.1) is 4.40 Å². The maximum absolute atomic E-state index is 13.4. The van der Waals surface area contributed by atoms with Crippen molar-refractivity contribution in [3.63, 3.8) is 0 Å². The van der Waals surface area contributed by atoms with E-state index in [-0.39, 0.29) is 22.6 Å². The predicted molar refractivity (Wildman–Crippen MR) is 155 cm³/mol. The highest BCUT2D eigenvalue weighted by Crippen LogP contribution is 2.30. The van der Waals surface area contributed by atoms with Crippen LogP contribution in [0, 0.1) is 6.92 Å². The fourth-order valence-corrected chi connectivity index (χ4v) is 5.21. The van der Waals surface area contributed by atoms with Crippen LogP contribution in [0.4, 0.5) is 0 Å². The number of sulfonamides is 1. The van der Waals surface area contributed by atoms with Gasteiger partial charge in [-0.1, -0.05) is 71.8 Å². The predicted octanol–water partition coefficient (Wildman–Crippen LogP) is 5.00. The first-order valence-corrected chi connectivity index (χ1v) is 13.9. The van der Waals surface area contributed by atoms with E-state index in [2.05, 4.69) is 14.4 Å². The van der Waals surface area contributed by atoms with E-state index in [4.69, 9.17) is 22.4 Å². The molecule has 0 amide bonds. The maximum Gasteiger partial charge on any atom is 0.285 e. The van der Waals surface area contributed by atoms with Crippen molar-refractivity contribution in [1.82, 2.24) is 9.99 Å². The van der Waals surface area contributed by atoms with Crippen LogP contribution in [0.5, 0.6) is 0 Å². The standard InChI is InChI=1S/C29H25ClN6O2S/c1-20-7-13-25(14-8-20)39(37,38)35-29(33-28(31)23-15-17-32-18-16-23)36-19-26(21-5-3-2-4-6-21)27(34-36)22-9-11-24(30)12-10-22/h2-18,26H,19H2,1H3,(H2,31,33,35)/t26-/m1/s1. The lowest BCUT2D eigenvalue weighted by atomic mass is 9.91. The molecule has 1 aliphatic heterocycles. The Kier molecular flexibility index (Phi) is 7.53. The highest BCUT2D eigenvalue weighted by atomic mass is 35.5. The van der Waals surface area contributed by atoms with Gasteiger partial charge in [0.2, 0.25) is 0 Å². The first-order chi connectivity index (χ1) is 18.8. The summed E-state index contributed by atoms with van der Waals surface area (Å²) in [5.74, 6) is -0.242. The molecule has 0 bridgehead atoms. The maximum atomic E-state index is 13.4. The van der Waals surface area contributed by atoms with Crippen LogP contribution in [0.1, 0.15) is 28.2 Å². The van der Waals surface area contributed by atoms with Crippen molar-refractivity contribution in [2.45, 2.75) is 17.7 Å². The lowest BCUT2D eigenvalue weighted by Crippen LogP contribution is -2.28. The number of guanidine groups is 1. The first-order valence-electron chi connectivity index (χ1n) is 12.1. The molecule has 196 valence electrons. The number of amidine groups is 1. The number of hydrazone groups is 1. The molecule has 39 heavy (non-hydrogen) atoms. The number of hydrogen-bond acceptors (Lipinski definition) is 4. The number of nitrogens with two attached hydrogens (primary N) is 1. The van der Waals surface area contributed by atoms with Crippen molar-refractivity contribution in [2.75, 3.05) is 6.54 Å². The second kappa shape index (κ2) is 11.2. The summed E-state index contributed by atoms with van der Waals surface area (Å²) in [6.07, 6.45) is 3.16. The van der Waals surface area contributed by atoms with Gasteiger partial charge in [0, 0.05) is 28.9 Å². The van der Waals surface area contributed by atoms with Gasteiger partial charge < -0.3 is 5.73 Å². The highest BCUT2D eigenvalue weighted by Gasteiger charge is 2.32. The third kappa shape index (κ3) is 6.05. The average molecular weight is 557 g/mol. The molecule has 1 aromatic heterocycles. The van der Waals surface area contributed by atoms with Gasteiger partial charge in [-0.05, 0) is 54.4 Å². The van der Waals surface area contributed by atoms with Crippen molar-refractivity contribution in [2.24, 2.45) is 20.2 Å². The summed E-state index contributed by atoms with van der Waals surface area (Å²) in [6, 6.07) is 27.0. The monoisotopic (exact) mass is 556 g/mol. The van der Waals surface area contributed by atoms with E-state index < -0.39 is 10.0 Å². The van der Waals surface area contributed by atoms with E-state index in [0.717, 1.165) is 22.4 Å². The Morgan fingerprint density at radius 2 is 1.62 bits per heavy atom. The Morgan fingerprint density at radius 1 is 0.949 bits per heavy atom. The van der Waals surface area contributed by atoms with Crippen molar-refractivity contribution in [3.05, 3.63) is 131 Å². The number of pyridine rings is 1. The normalized spacial score (nSPS) is 16.3. The van der Waals surface area contributed by atoms with Crippen LogP contribution in [0.3, 0.4) is 0 Å². The van der Waals surface area contributed by atoms with E-state index >= 15 is 0 Å². The van der Waals surface area contributed by atoms with E-state index in [9.17, 15) is 8.42 Å². The van der Waals surface area contributed by atoms with Crippen molar-refractivity contribution in [3.8, 4) is 0 Å². The zero-order valence-corrected chi connectivity index (χ0v) is 22.6. The number of aromatic nitrogens is 1. The molecule has 0 unspecified atom stereocenters. The Hall–Kier alpha value is -4.34. The molecule has 0 radical (unpaired) electrons. The summed E-state index contributed by atoms with van der Waals surface area (Å²) in [6.45, 7) is 2.18. The SMILES string of the molecule is Cc1ccc(S(=O)(=O)N=C(N=C(N)c2ccncc2)N2C[C@H](c3ccccc3)C(c3ccc(Cl)cc3)=N2)cc1. The molecule has 2 heterocycles. The summed E-state index contributed by atoms with van der Waals surface area (Å²) >= 11 is 6.13. The second-order valence-electron chi connectivity index (χ2n) is 8.95. The van der Waals surface area contributed by atoms with Crippen LogP contribution < -0.4 is 5.73 Å². The molecule has 4 aromatic rings. The fraction of sp³-hybridized carbons (Fsp3) is 0.103. The van der Waals surface area contributed by atoms with Crippen molar-refractivity contribution >= 4 is 39.1 Å². The molecule has 0 spiro atoms. The summed E-state index contributed by atoms with van der Waals surface area (Å²) in [5.41, 5.74) is 10.4. The number of hydrogen-bond donors (Lipinski definition) is 1. The Morgan fingerprint density at radius 3 is 2.28 bits per heavy atom. The molecule has 0 aliphatic carbocycles. The third-order valence-electron chi connectivity index (χ3n) is 6.20. The van der Waals surface area contributed by atoms with Gasteiger partial charge in [0.1, 0.15) is 5.84 Å². The smallest absolute Gasteiger partial charge is 0.285 e. The molecule has 5 rings (SSSR count). The Bertz CT molecular complexity index is 1650. The van der Waals surface area contributed by atoms with Gasteiger partial charge in [-0.3, -0.25) is 4.98 Å². The fourth-order valence-electron chi connectivity index (χ4n) is 4.15. The minimum absolute atomic E-state index is 0.0454. The lowest BCUT2D eigenvalue weighted by Gasteiger charge is -2.16. The summed E-state index contributed by atoms with van der Waals surface area (Å²) in [4.78, 5) is 8.51. The number of aliphatic imine (C=N–C) groups is 1. The molecule has 0 saturated heterocycles. The van der Waals surface area contributed by atoms with Crippen LogP contribution in [0.2, 0.25) is 5.02 Å². The van der Waals surface area contributed by atoms with Crippen molar-refractivity contribution in [1.29, 1.82) is 0 Å². The zero-order valence-electron chi connectivity index (χ0n) is 21.0. The quantitative estimate of drug-likeness (QED) is 0.274. The average Bonchev–Trinajstić information content (AvgIpc) is 3.40. The summed E-state index contributed by atoms with van der Waals surface area (Å²) < 4.78 is 30.9.